The summed E-state index contributed by atoms with van der Waals surface area (Å²) in [4.78, 5) is 41.8. The predicted octanol–water partition coefficient (Wildman–Crippen LogP) is 3.59. The van der Waals surface area contributed by atoms with Crippen LogP contribution in [0.1, 0.15) is 46.1 Å². The number of nitrogens with zero attached hydrogens (tertiary/aromatic N) is 2. The van der Waals surface area contributed by atoms with E-state index >= 15 is 0 Å². The van der Waals surface area contributed by atoms with E-state index in [-0.39, 0.29) is 32.3 Å². The van der Waals surface area contributed by atoms with Crippen LogP contribution in [0.4, 0.5) is 9.59 Å². The third-order valence-electron chi connectivity index (χ3n) is 5.68. The van der Waals surface area contributed by atoms with Crippen molar-refractivity contribution in [1.82, 2.24) is 9.80 Å². The number of fused-ring (bicyclic) bond motifs is 1. The van der Waals surface area contributed by atoms with Crippen molar-refractivity contribution in [3.05, 3.63) is 35.9 Å². The maximum atomic E-state index is 13.0. The van der Waals surface area contributed by atoms with Crippen molar-refractivity contribution < 1.29 is 28.6 Å². The Morgan fingerprint density at radius 1 is 1.10 bits per heavy atom. The van der Waals surface area contributed by atoms with Crippen LogP contribution >= 0.6 is 0 Å². The lowest BCUT2D eigenvalue weighted by Crippen LogP contribution is -2.57. The van der Waals surface area contributed by atoms with Crippen molar-refractivity contribution in [2.45, 2.75) is 58.8 Å². The lowest BCUT2D eigenvalue weighted by molar-refractivity contribution is -0.160. The van der Waals surface area contributed by atoms with Gasteiger partial charge in [-0.25, -0.2) is 9.59 Å². The van der Waals surface area contributed by atoms with E-state index in [9.17, 15) is 14.4 Å². The number of rotatable bonds is 4. The van der Waals surface area contributed by atoms with Gasteiger partial charge in [0.15, 0.2) is 0 Å². The molecule has 2 aliphatic heterocycles. The summed E-state index contributed by atoms with van der Waals surface area (Å²) in [5, 5.41) is 0. The number of hydrogen-bond acceptors (Lipinski definition) is 6. The van der Waals surface area contributed by atoms with Gasteiger partial charge >= 0.3 is 18.2 Å². The number of carbonyl (C=O) groups excluding carboxylic acids is 3. The minimum Gasteiger partial charge on any atom is -0.465 e. The van der Waals surface area contributed by atoms with Gasteiger partial charge in [0.2, 0.25) is 0 Å². The van der Waals surface area contributed by atoms with Gasteiger partial charge in [-0.3, -0.25) is 4.79 Å². The molecule has 3 rings (SSSR count). The number of piperidine rings is 1. The molecule has 8 heteroatoms. The van der Waals surface area contributed by atoms with Crippen LogP contribution in [-0.2, 0) is 25.6 Å². The molecule has 31 heavy (non-hydrogen) atoms. The molecule has 0 aliphatic carbocycles. The van der Waals surface area contributed by atoms with Crippen LogP contribution in [-0.4, -0.2) is 65.8 Å². The fraction of sp³-hybridized carbons (Fsp3) is 0.609. The highest BCUT2D eigenvalue weighted by atomic mass is 16.6. The lowest BCUT2D eigenvalue weighted by atomic mass is 9.75. The number of amides is 2. The molecule has 2 heterocycles. The van der Waals surface area contributed by atoms with E-state index in [1.807, 2.05) is 30.3 Å². The monoisotopic (exact) mass is 432 g/mol. The Balaban J connectivity index is 1.79. The molecule has 2 fully saturated rings. The van der Waals surface area contributed by atoms with Crippen molar-refractivity contribution in [3.63, 3.8) is 0 Å². The van der Waals surface area contributed by atoms with Crippen molar-refractivity contribution in [3.8, 4) is 0 Å². The molecular formula is C23H32N2O6. The summed E-state index contributed by atoms with van der Waals surface area (Å²) >= 11 is 0. The Morgan fingerprint density at radius 3 is 2.45 bits per heavy atom. The van der Waals surface area contributed by atoms with Gasteiger partial charge in [0, 0.05) is 19.6 Å². The summed E-state index contributed by atoms with van der Waals surface area (Å²) in [7, 11) is 0. The number of ether oxygens (including phenoxy) is 3. The maximum Gasteiger partial charge on any atom is 0.410 e. The Hall–Kier alpha value is -2.77. The third-order valence-corrected chi connectivity index (χ3v) is 5.68. The first kappa shape index (κ1) is 22.9. The molecule has 2 unspecified atom stereocenters. The second-order valence-electron chi connectivity index (χ2n) is 9.09. The molecule has 0 aromatic heterocycles. The zero-order chi connectivity index (χ0) is 22.6. The molecule has 0 radical (unpaired) electrons. The predicted molar refractivity (Wildman–Crippen MR) is 113 cm³/mol. The van der Waals surface area contributed by atoms with Crippen molar-refractivity contribution in [2.24, 2.45) is 5.41 Å². The van der Waals surface area contributed by atoms with Crippen LogP contribution in [0.25, 0.3) is 0 Å². The van der Waals surface area contributed by atoms with E-state index in [0.717, 1.165) is 5.56 Å². The molecule has 0 N–H and O–H groups in total. The Labute approximate surface area is 183 Å². The second-order valence-corrected chi connectivity index (χ2v) is 9.09. The highest BCUT2D eigenvalue weighted by Crippen LogP contribution is 2.43. The zero-order valence-electron chi connectivity index (χ0n) is 18.8. The van der Waals surface area contributed by atoms with Gasteiger partial charge in [-0.15, -0.1) is 0 Å². The molecule has 1 aromatic rings. The summed E-state index contributed by atoms with van der Waals surface area (Å²) in [6.07, 6.45) is 0.173. The van der Waals surface area contributed by atoms with Crippen molar-refractivity contribution in [2.75, 3.05) is 26.2 Å². The van der Waals surface area contributed by atoms with Gasteiger partial charge in [-0.1, -0.05) is 30.3 Å². The highest BCUT2D eigenvalue weighted by molar-refractivity contribution is 5.82. The molecule has 2 saturated heterocycles. The van der Waals surface area contributed by atoms with Crippen molar-refractivity contribution >= 4 is 18.2 Å². The second kappa shape index (κ2) is 9.16. The van der Waals surface area contributed by atoms with Gasteiger partial charge in [-0.05, 0) is 46.1 Å². The van der Waals surface area contributed by atoms with E-state index in [0.29, 0.717) is 19.4 Å². The van der Waals surface area contributed by atoms with E-state index in [4.69, 9.17) is 14.2 Å². The summed E-state index contributed by atoms with van der Waals surface area (Å²) in [6.45, 7) is 8.33. The number of likely N-dealkylation sites (tertiary alicyclic amines) is 2. The lowest BCUT2D eigenvalue weighted by Gasteiger charge is -2.42. The molecule has 0 saturated carbocycles. The fourth-order valence-corrected chi connectivity index (χ4v) is 4.32. The first-order chi connectivity index (χ1) is 14.7. The van der Waals surface area contributed by atoms with Crippen LogP contribution in [0.5, 0.6) is 0 Å². The highest BCUT2D eigenvalue weighted by Gasteiger charge is 2.59. The maximum absolute atomic E-state index is 13.0. The molecule has 170 valence electrons. The molecule has 2 amide bonds. The minimum absolute atomic E-state index is 0.144. The molecule has 2 aliphatic rings. The van der Waals surface area contributed by atoms with Gasteiger partial charge in [0.05, 0.1) is 12.6 Å². The number of carbonyl (C=O) groups is 3. The van der Waals surface area contributed by atoms with Crippen molar-refractivity contribution in [1.29, 1.82) is 0 Å². The normalized spacial score (nSPS) is 23.2. The van der Waals surface area contributed by atoms with E-state index in [1.54, 1.807) is 32.6 Å². The average Bonchev–Trinajstić information content (AvgIpc) is 3.13. The number of hydrogen-bond donors (Lipinski definition) is 0. The molecule has 8 nitrogen and oxygen atoms in total. The molecule has 1 aromatic carbocycles. The fourth-order valence-electron chi connectivity index (χ4n) is 4.32. The smallest absolute Gasteiger partial charge is 0.410 e. The van der Waals surface area contributed by atoms with Crippen LogP contribution in [0.15, 0.2) is 30.3 Å². The van der Waals surface area contributed by atoms with Crippen LogP contribution in [0, 0.1) is 5.41 Å². The number of esters is 1. The van der Waals surface area contributed by atoms with E-state index in [2.05, 4.69) is 0 Å². The summed E-state index contributed by atoms with van der Waals surface area (Å²) < 4.78 is 16.4. The Morgan fingerprint density at radius 2 is 1.81 bits per heavy atom. The SMILES string of the molecule is CCOC(=O)C12CCCN(C(=O)OCc3ccccc3)C1CN(C(=O)OC(C)(C)C)C2. The standard InChI is InChI=1S/C23H32N2O6/c1-5-29-19(26)23-12-9-13-25(21(28)30-15-17-10-7-6-8-11-17)18(23)14-24(16-23)20(27)31-22(2,3)4/h6-8,10-11,18H,5,9,12-16H2,1-4H3. The quantitative estimate of drug-likeness (QED) is 0.534. The topological polar surface area (TPSA) is 85.4 Å². The molecular weight excluding hydrogens is 400 g/mol. The van der Waals surface area contributed by atoms with Gasteiger partial charge in [0.1, 0.15) is 17.6 Å². The van der Waals surface area contributed by atoms with Crippen LogP contribution in [0.3, 0.4) is 0 Å². The Bertz CT molecular complexity index is 806. The van der Waals surface area contributed by atoms with E-state index < -0.39 is 29.2 Å². The van der Waals surface area contributed by atoms with Gasteiger partial charge in [0.25, 0.3) is 0 Å². The largest absolute Gasteiger partial charge is 0.465 e. The first-order valence-corrected chi connectivity index (χ1v) is 10.8. The molecule has 0 bridgehead atoms. The minimum atomic E-state index is -0.975. The van der Waals surface area contributed by atoms with Crippen LogP contribution in [0.2, 0.25) is 0 Å². The van der Waals surface area contributed by atoms with Gasteiger partial charge < -0.3 is 24.0 Å². The van der Waals surface area contributed by atoms with E-state index in [1.165, 1.54) is 4.90 Å². The summed E-state index contributed by atoms with van der Waals surface area (Å²) in [6, 6.07) is 8.90. The molecule has 2 atom stereocenters. The molecule has 0 spiro atoms. The average molecular weight is 433 g/mol. The summed E-state index contributed by atoms with van der Waals surface area (Å²) in [5.41, 5.74) is -0.751. The summed E-state index contributed by atoms with van der Waals surface area (Å²) in [5.74, 6) is -0.383. The zero-order valence-corrected chi connectivity index (χ0v) is 18.8. The third kappa shape index (κ3) is 5.11. The number of benzene rings is 1. The first-order valence-electron chi connectivity index (χ1n) is 10.8. The Kier molecular flexibility index (Phi) is 6.77. The van der Waals surface area contributed by atoms with Crippen LogP contribution < -0.4 is 0 Å². The van der Waals surface area contributed by atoms with Gasteiger partial charge in [-0.2, -0.15) is 0 Å².